The third-order valence-corrected chi connectivity index (χ3v) is 4.87. The van der Waals surface area contributed by atoms with E-state index in [-0.39, 0.29) is 0 Å². The number of halogens is 2. The molecule has 3 aromatic carbocycles. The largest absolute Gasteiger partial charge is 0.494 e. The average Bonchev–Trinajstić information content (AvgIpc) is 2.68. The van der Waals surface area contributed by atoms with Gasteiger partial charge in [0.25, 0.3) is 0 Å². The Morgan fingerprint density at radius 3 is 2.44 bits per heavy atom. The molecule has 0 aliphatic heterocycles. The SMILES string of the molecule is CCOc1ccc(NCc2cc(Br)ccc2OCc2ccccc2Cl)cc1. The van der Waals surface area contributed by atoms with Crippen molar-refractivity contribution in [3.8, 4) is 11.5 Å². The third kappa shape index (κ3) is 5.65. The summed E-state index contributed by atoms with van der Waals surface area (Å²) in [5.41, 5.74) is 3.05. The van der Waals surface area contributed by atoms with Crippen molar-refractivity contribution in [1.29, 1.82) is 0 Å². The third-order valence-electron chi connectivity index (χ3n) is 4.01. The topological polar surface area (TPSA) is 30.5 Å². The lowest BCUT2D eigenvalue weighted by Gasteiger charge is -2.14. The van der Waals surface area contributed by atoms with Crippen molar-refractivity contribution in [3.05, 3.63) is 87.4 Å². The Bertz CT molecular complexity index is 884. The van der Waals surface area contributed by atoms with Gasteiger partial charge in [0.2, 0.25) is 0 Å². The number of hydrogen-bond acceptors (Lipinski definition) is 3. The van der Waals surface area contributed by atoms with Gasteiger partial charge in [-0.15, -0.1) is 0 Å². The van der Waals surface area contributed by atoms with Gasteiger partial charge in [-0.05, 0) is 55.5 Å². The molecule has 3 rings (SSSR count). The van der Waals surface area contributed by atoms with E-state index in [0.29, 0.717) is 24.8 Å². The van der Waals surface area contributed by atoms with Crippen molar-refractivity contribution >= 4 is 33.2 Å². The molecule has 0 aliphatic rings. The molecule has 0 spiro atoms. The molecule has 0 heterocycles. The number of rotatable bonds is 8. The Labute approximate surface area is 173 Å². The Morgan fingerprint density at radius 2 is 1.70 bits per heavy atom. The van der Waals surface area contributed by atoms with Gasteiger partial charge in [0.05, 0.1) is 6.61 Å². The summed E-state index contributed by atoms with van der Waals surface area (Å²) in [6.45, 7) is 3.71. The Kier molecular flexibility index (Phi) is 7.02. The van der Waals surface area contributed by atoms with E-state index in [4.69, 9.17) is 21.1 Å². The highest BCUT2D eigenvalue weighted by molar-refractivity contribution is 9.10. The highest BCUT2D eigenvalue weighted by Crippen LogP contribution is 2.26. The molecular weight excluding hydrogens is 426 g/mol. The molecule has 0 saturated heterocycles. The number of hydrogen-bond donors (Lipinski definition) is 1. The molecule has 140 valence electrons. The molecule has 3 aromatic rings. The summed E-state index contributed by atoms with van der Waals surface area (Å²) in [6.07, 6.45) is 0. The van der Waals surface area contributed by atoms with Gasteiger partial charge in [-0.25, -0.2) is 0 Å². The molecule has 0 aliphatic carbocycles. The van der Waals surface area contributed by atoms with Crippen LogP contribution >= 0.6 is 27.5 Å². The van der Waals surface area contributed by atoms with Crippen molar-refractivity contribution in [2.24, 2.45) is 0 Å². The monoisotopic (exact) mass is 445 g/mol. The zero-order valence-corrected chi connectivity index (χ0v) is 17.4. The molecular formula is C22H21BrClNO2. The fraction of sp³-hybridized carbons (Fsp3) is 0.182. The smallest absolute Gasteiger partial charge is 0.124 e. The molecule has 0 bridgehead atoms. The quantitative estimate of drug-likeness (QED) is 0.418. The van der Waals surface area contributed by atoms with Gasteiger partial charge >= 0.3 is 0 Å². The summed E-state index contributed by atoms with van der Waals surface area (Å²) < 4.78 is 12.5. The number of nitrogens with one attached hydrogen (secondary N) is 1. The minimum Gasteiger partial charge on any atom is -0.494 e. The van der Waals surface area contributed by atoms with Crippen LogP contribution in [0.2, 0.25) is 5.02 Å². The number of anilines is 1. The molecule has 1 N–H and O–H groups in total. The standard InChI is InChI=1S/C22H21BrClNO2/c1-2-26-20-10-8-19(9-11-20)25-14-17-13-18(23)7-12-22(17)27-15-16-5-3-4-6-21(16)24/h3-13,25H,2,14-15H2,1H3. The molecule has 0 atom stereocenters. The Morgan fingerprint density at radius 1 is 0.926 bits per heavy atom. The lowest BCUT2D eigenvalue weighted by Crippen LogP contribution is -2.04. The molecule has 0 amide bonds. The van der Waals surface area contributed by atoms with Gasteiger partial charge in [-0.1, -0.05) is 45.7 Å². The van der Waals surface area contributed by atoms with Crippen molar-refractivity contribution < 1.29 is 9.47 Å². The lowest BCUT2D eigenvalue weighted by molar-refractivity contribution is 0.303. The van der Waals surface area contributed by atoms with Crippen LogP contribution < -0.4 is 14.8 Å². The molecule has 27 heavy (non-hydrogen) atoms. The van der Waals surface area contributed by atoms with Crippen LogP contribution in [0.25, 0.3) is 0 Å². The van der Waals surface area contributed by atoms with E-state index >= 15 is 0 Å². The maximum absolute atomic E-state index is 6.22. The van der Waals surface area contributed by atoms with E-state index in [9.17, 15) is 0 Å². The summed E-state index contributed by atoms with van der Waals surface area (Å²) >= 11 is 9.76. The van der Waals surface area contributed by atoms with Gasteiger partial charge < -0.3 is 14.8 Å². The van der Waals surface area contributed by atoms with Crippen LogP contribution in [-0.4, -0.2) is 6.61 Å². The lowest BCUT2D eigenvalue weighted by atomic mass is 10.2. The maximum atomic E-state index is 6.22. The summed E-state index contributed by atoms with van der Waals surface area (Å²) in [7, 11) is 0. The zero-order valence-electron chi connectivity index (χ0n) is 15.0. The van der Waals surface area contributed by atoms with Crippen LogP contribution in [0.4, 0.5) is 5.69 Å². The minimum atomic E-state index is 0.428. The van der Waals surface area contributed by atoms with E-state index in [1.54, 1.807) is 0 Å². The van der Waals surface area contributed by atoms with Gasteiger partial charge in [0.15, 0.2) is 0 Å². The number of ether oxygens (including phenoxy) is 2. The van der Waals surface area contributed by atoms with E-state index in [1.807, 2.05) is 67.6 Å². The summed E-state index contributed by atoms with van der Waals surface area (Å²) in [5, 5.41) is 4.14. The van der Waals surface area contributed by atoms with Crippen LogP contribution in [0.1, 0.15) is 18.1 Å². The second kappa shape index (κ2) is 9.67. The highest BCUT2D eigenvalue weighted by atomic mass is 79.9. The van der Waals surface area contributed by atoms with Crippen LogP contribution in [0.3, 0.4) is 0 Å². The Balaban J connectivity index is 1.67. The molecule has 0 radical (unpaired) electrons. The Hall–Kier alpha value is -2.17. The molecule has 0 saturated carbocycles. The second-order valence-electron chi connectivity index (χ2n) is 5.94. The van der Waals surface area contributed by atoms with Crippen molar-refractivity contribution in [2.75, 3.05) is 11.9 Å². The zero-order chi connectivity index (χ0) is 19.1. The van der Waals surface area contributed by atoms with Gasteiger partial charge in [-0.2, -0.15) is 0 Å². The molecule has 5 heteroatoms. The molecule has 3 nitrogen and oxygen atoms in total. The highest BCUT2D eigenvalue weighted by Gasteiger charge is 2.07. The van der Waals surface area contributed by atoms with Gasteiger partial charge in [0, 0.05) is 32.9 Å². The van der Waals surface area contributed by atoms with E-state index in [0.717, 1.165) is 32.8 Å². The molecule has 0 aromatic heterocycles. The first-order chi connectivity index (χ1) is 13.2. The number of benzene rings is 3. The predicted octanol–water partition coefficient (Wildman–Crippen LogP) is 6.69. The van der Waals surface area contributed by atoms with E-state index < -0.39 is 0 Å². The maximum Gasteiger partial charge on any atom is 0.124 e. The first-order valence-electron chi connectivity index (χ1n) is 8.77. The summed E-state index contributed by atoms with van der Waals surface area (Å²) in [5.74, 6) is 1.70. The van der Waals surface area contributed by atoms with Crippen molar-refractivity contribution in [1.82, 2.24) is 0 Å². The first kappa shape index (κ1) is 19.6. The minimum absolute atomic E-state index is 0.428. The average molecular weight is 447 g/mol. The molecule has 0 unspecified atom stereocenters. The summed E-state index contributed by atoms with van der Waals surface area (Å²) in [6, 6.07) is 21.7. The summed E-state index contributed by atoms with van der Waals surface area (Å²) in [4.78, 5) is 0. The first-order valence-corrected chi connectivity index (χ1v) is 9.94. The van der Waals surface area contributed by atoms with Crippen molar-refractivity contribution in [2.45, 2.75) is 20.1 Å². The van der Waals surface area contributed by atoms with E-state index in [1.165, 1.54) is 0 Å². The van der Waals surface area contributed by atoms with Crippen LogP contribution in [0, 0.1) is 0 Å². The van der Waals surface area contributed by atoms with Gasteiger partial charge in [0.1, 0.15) is 18.1 Å². The van der Waals surface area contributed by atoms with Crippen molar-refractivity contribution in [3.63, 3.8) is 0 Å². The molecule has 0 fully saturated rings. The normalized spacial score (nSPS) is 10.5. The fourth-order valence-corrected chi connectivity index (χ4v) is 3.23. The van der Waals surface area contributed by atoms with Gasteiger partial charge in [-0.3, -0.25) is 0 Å². The van der Waals surface area contributed by atoms with Crippen LogP contribution in [0.15, 0.2) is 71.2 Å². The predicted molar refractivity (Wildman–Crippen MR) is 115 cm³/mol. The van der Waals surface area contributed by atoms with E-state index in [2.05, 4.69) is 27.3 Å². The second-order valence-corrected chi connectivity index (χ2v) is 7.27. The van der Waals surface area contributed by atoms with Crippen LogP contribution in [0.5, 0.6) is 11.5 Å². The van der Waals surface area contributed by atoms with Crippen LogP contribution in [-0.2, 0) is 13.2 Å². The fourth-order valence-electron chi connectivity index (χ4n) is 2.63.